The highest BCUT2D eigenvalue weighted by molar-refractivity contribution is 5.24. The van der Waals surface area contributed by atoms with E-state index in [1.165, 1.54) is 43.2 Å². The molecule has 0 aliphatic heterocycles. The second-order valence-corrected chi connectivity index (χ2v) is 17.9. The number of hydrogen-bond donors (Lipinski definition) is 0. The molecular formula is C48H81N. The van der Waals surface area contributed by atoms with Crippen LogP contribution >= 0.6 is 0 Å². The third-order valence-electron chi connectivity index (χ3n) is 15.5. The van der Waals surface area contributed by atoms with Crippen molar-refractivity contribution in [2.45, 2.75) is 166 Å². The van der Waals surface area contributed by atoms with Crippen molar-refractivity contribution < 1.29 is 0 Å². The van der Waals surface area contributed by atoms with Crippen LogP contribution in [0.2, 0.25) is 0 Å². The van der Waals surface area contributed by atoms with Gasteiger partial charge >= 0.3 is 0 Å². The molecule has 0 aromatic heterocycles. The van der Waals surface area contributed by atoms with Crippen molar-refractivity contribution in [2.24, 2.45) is 57.2 Å². The molecule has 5 aliphatic rings. The van der Waals surface area contributed by atoms with Gasteiger partial charge in [0.1, 0.15) is 0 Å². The smallest absolute Gasteiger partial charge is 0.0423 e. The lowest BCUT2D eigenvalue weighted by atomic mass is 9.35. The minimum atomic E-state index is 0.542. The molecule has 0 radical (unpaired) electrons. The molecule has 0 spiro atoms. The zero-order valence-electron chi connectivity index (χ0n) is 34.4. The molecule has 49 heavy (non-hydrogen) atoms. The SMILES string of the molecule is C=CC.C=CCc1ccc(CN(C=C)CCC)cc1.CC.CCC12CCCC1C1CCC3C(C)(CCC4C(C)(C)C(C)CCC43C)C1CC2. The first-order valence-electron chi connectivity index (χ1n) is 21.0. The van der Waals surface area contributed by atoms with E-state index < -0.39 is 0 Å². The molecule has 5 fully saturated rings. The lowest BCUT2D eigenvalue weighted by molar-refractivity contribution is -0.204. The standard InChI is InChI=1S/C28H48.C15H21N.C3H6.C2H6/c1-7-28-15-8-9-22(28)20-10-11-24-26(5,21(20)13-18-28)17-14-23-25(3,4)19(2)12-16-27(23,24)6;1-4-7-14-8-10-15(11-9-14)13-16(6-3)12-5-2;1-3-2;1-2/h19-24H,7-18H2,1-6H3;4,6,8-11H,1,3,5,7,12-13H2,2H3;3H,1H2,2H3;1-2H3. The van der Waals surface area contributed by atoms with Gasteiger partial charge in [0.05, 0.1) is 0 Å². The first-order chi connectivity index (χ1) is 23.4. The lowest BCUT2D eigenvalue weighted by Crippen LogP contribution is -2.62. The van der Waals surface area contributed by atoms with Gasteiger partial charge in [0.2, 0.25) is 0 Å². The third kappa shape index (κ3) is 8.49. The summed E-state index contributed by atoms with van der Waals surface area (Å²) in [5.41, 5.74) is 5.21. The quantitative estimate of drug-likeness (QED) is 0.249. The molecule has 0 heterocycles. The lowest BCUT2D eigenvalue weighted by Gasteiger charge is -2.69. The molecule has 5 aliphatic carbocycles. The van der Waals surface area contributed by atoms with Gasteiger partial charge in [-0.05, 0) is 158 Å². The minimum absolute atomic E-state index is 0.542. The van der Waals surface area contributed by atoms with E-state index in [9.17, 15) is 0 Å². The molecule has 9 atom stereocenters. The summed E-state index contributed by atoms with van der Waals surface area (Å²) in [6, 6.07) is 8.71. The Balaban J connectivity index is 0.000000264. The van der Waals surface area contributed by atoms with E-state index in [1.54, 1.807) is 51.0 Å². The average Bonchev–Trinajstić information content (AvgIpc) is 3.54. The Hall–Kier alpha value is -1.76. The van der Waals surface area contributed by atoms with Gasteiger partial charge in [-0.2, -0.15) is 0 Å². The van der Waals surface area contributed by atoms with Crippen LogP contribution < -0.4 is 0 Å². The molecule has 5 saturated carbocycles. The number of benzene rings is 1. The van der Waals surface area contributed by atoms with Gasteiger partial charge in [0.15, 0.2) is 0 Å². The fourth-order valence-electron chi connectivity index (χ4n) is 12.9. The summed E-state index contributed by atoms with van der Waals surface area (Å²) in [4.78, 5) is 2.24. The van der Waals surface area contributed by atoms with Crippen molar-refractivity contribution in [1.82, 2.24) is 4.90 Å². The molecule has 9 unspecified atom stereocenters. The zero-order valence-corrected chi connectivity index (χ0v) is 34.4. The van der Waals surface area contributed by atoms with E-state index in [0.29, 0.717) is 16.2 Å². The molecule has 278 valence electrons. The monoisotopic (exact) mass is 672 g/mol. The topological polar surface area (TPSA) is 3.24 Å². The minimum Gasteiger partial charge on any atom is -0.374 e. The maximum Gasteiger partial charge on any atom is 0.0423 e. The highest BCUT2D eigenvalue weighted by atomic mass is 15.1. The Morgan fingerprint density at radius 3 is 1.98 bits per heavy atom. The van der Waals surface area contributed by atoms with Gasteiger partial charge in [-0.3, -0.25) is 0 Å². The third-order valence-corrected chi connectivity index (χ3v) is 15.5. The van der Waals surface area contributed by atoms with Gasteiger partial charge in [-0.1, -0.05) is 118 Å². The van der Waals surface area contributed by atoms with Crippen molar-refractivity contribution >= 4 is 0 Å². The highest BCUT2D eigenvalue weighted by Gasteiger charge is 2.65. The van der Waals surface area contributed by atoms with Crippen LogP contribution in [0.4, 0.5) is 0 Å². The van der Waals surface area contributed by atoms with Crippen LogP contribution in [0.25, 0.3) is 0 Å². The van der Waals surface area contributed by atoms with Gasteiger partial charge < -0.3 is 4.90 Å². The van der Waals surface area contributed by atoms with E-state index in [0.717, 1.165) is 66.9 Å². The second-order valence-electron chi connectivity index (χ2n) is 17.9. The summed E-state index contributed by atoms with van der Waals surface area (Å²) in [5, 5.41) is 0. The number of fused-ring (bicyclic) bond motifs is 7. The molecule has 6 rings (SSSR count). The molecule has 1 heteroatoms. The maximum absolute atomic E-state index is 3.84. The number of hydrogen-bond acceptors (Lipinski definition) is 1. The van der Waals surface area contributed by atoms with Crippen molar-refractivity contribution in [2.75, 3.05) is 6.54 Å². The summed E-state index contributed by atoms with van der Waals surface area (Å²) < 4.78 is 0. The van der Waals surface area contributed by atoms with E-state index in [-0.39, 0.29) is 0 Å². The molecule has 1 aromatic carbocycles. The van der Waals surface area contributed by atoms with Crippen LogP contribution in [0.15, 0.2) is 62.4 Å². The van der Waals surface area contributed by atoms with E-state index in [1.807, 2.05) is 33.0 Å². The van der Waals surface area contributed by atoms with E-state index in [4.69, 9.17) is 0 Å². The molecular weight excluding hydrogens is 591 g/mol. The van der Waals surface area contributed by atoms with E-state index in [2.05, 4.69) is 97.4 Å². The van der Waals surface area contributed by atoms with Crippen LogP contribution in [0, 0.1) is 57.2 Å². The van der Waals surface area contributed by atoms with Gasteiger partial charge in [-0.25, -0.2) is 0 Å². The van der Waals surface area contributed by atoms with Crippen LogP contribution in [-0.2, 0) is 13.0 Å². The molecule has 0 saturated heterocycles. The fraction of sp³-hybridized carbons (Fsp3) is 0.750. The largest absolute Gasteiger partial charge is 0.374 e. The Morgan fingerprint density at radius 1 is 0.755 bits per heavy atom. The normalized spacial score (nSPS) is 36.5. The Labute approximate surface area is 306 Å². The van der Waals surface area contributed by atoms with Crippen LogP contribution in [0.1, 0.15) is 164 Å². The summed E-state index contributed by atoms with van der Waals surface area (Å²) in [7, 11) is 0. The number of allylic oxidation sites excluding steroid dienone is 2. The second kappa shape index (κ2) is 18.1. The van der Waals surface area contributed by atoms with Crippen LogP contribution in [0.3, 0.4) is 0 Å². The summed E-state index contributed by atoms with van der Waals surface area (Å²) >= 11 is 0. The summed E-state index contributed by atoms with van der Waals surface area (Å²) in [6.07, 6.45) is 26.2. The molecule has 1 aromatic rings. The number of rotatable bonds is 8. The molecule has 0 bridgehead atoms. The van der Waals surface area contributed by atoms with Crippen molar-refractivity contribution in [3.05, 3.63) is 73.5 Å². The maximum atomic E-state index is 3.84. The van der Waals surface area contributed by atoms with Crippen molar-refractivity contribution in [3.8, 4) is 0 Å². The van der Waals surface area contributed by atoms with Crippen molar-refractivity contribution in [3.63, 3.8) is 0 Å². The predicted molar refractivity (Wildman–Crippen MR) is 219 cm³/mol. The molecule has 1 nitrogen and oxygen atoms in total. The average molecular weight is 672 g/mol. The predicted octanol–water partition coefficient (Wildman–Crippen LogP) is 14.5. The summed E-state index contributed by atoms with van der Waals surface area (Å²) in [6.45, 7) is 36.9. The summed E-state index contributed by atoms with van der Waals surface area (Å²) in [5.74, 6) is 6.08. The molecule has 0 N–H and O–H groups in total. The zero-order chi connectivity index (χ0) is 36.5. The van der Waals surface area contributed by atoms with E-state index >= 15 is 0 Å². The Morgan fingerprint density at radius 2 is 1.39 bits per heavy atom. The first-order valence-corrected chi connectivity index (χ1v) is 21.0. The molecule has 0 amide bonds. The Kier molecular flexibility index (Phi) is 15.4. The van der Waals surface area contributed by atoms with Crippen LogP contribution in [0.5, 0.6) is 0 Å². The fourth-order valence-corrected chi connectivity index (χ4v) is 12.9. The van der Waals surface area contributed by atoms with Crippen molar-refractivity contribution in [1.29, 1.82) is 0 Å². The highest BCUT2D eigenvalue weighted by Crippen LogP contribution is 2.73. The van der Waals surface area contributed by atoms with Gasteiger partial charge in [0, 0.05) is 13.1 Å². The Bertz CT molecular complexity index is 1160. The van der Waals surface area contributed by atoms with Crippen LogP contribution in [-0.4, -0.2) is 11.4 Å². The first kappa shape index (κ1) is 41.7. The van der Waals surface area contributed by atoms with Gasteiger partial charge in [0.25, 0.3) is 0 Å². The van der Waals surface area contributed by atoms with Gasteiger partial charge in [-0.15, -0.1) is 13.2 Å². The number of nitrogens with zero attached hydrogens (tertiary/aromatic N) is 1.